The molecule has 1 aliphatic carbocycles. The monoisotopic (exact) mass is 491 g/mol. The topological polar surface area (TPSA) is 68.5 Å². The van der Waals surface area contributed by atoms with Gasteiger partial charge in [0.15, 0.2) is 6.61 Å². The van der Waals surface area contributed by atoms with E-state index in [2.05, 4.69) is 30.3 Å². The summed E-state index contributed by atoms with van der Waals surface area (Å²) in [7, 11) is 0. The molecule has 1 aliphatic rings. The molecule has 3 aromatic carbocycles. The van der Waals surface area contributed by atoms with Gasteiger partial charge in [0.2, 0.25) is 0 Å². The number of fused-ring (bicyclic) bond motifs is 1. The Morgan fingerprint density at radius 3 is 2.22 bits per heavy atom. The molecule has 5 nitrogen and oxygen atoms in total. The molecular weight excluding hydrogens is 462 g/mol. The van der Waals surface area contributed by atoms with Crippen LogP contribution in [0.1, 0.15) is 46.6 Å². The first-order chi connectivity index (χ1) is 18.1. The number of allylic oxidation sites excluding steroid dienone is 1. The molecule has 0 unspecified atom stereocenters. The van der Waals surface area contributed by atoms with Crippen molar-refractivity contribution in [1.82, 2.24) is 4.57 Å². The molecule has 37 heavy (non-hydrogen) atoms. The molecule has 1 N–H and O–H groups in total. The SMILES string of the molecule is O=C(O)COc1cccc2c1CCC(CCn1cc(C(c3ccccc3)c3ccccc3)ccc1=O)=C2. The van der Waals surface area contributed by atoms with E-state index in [1.807, 2.05) is 71.4 Å². The normalized spacial score (nSPS) is 12.6. The highest BCUT2D eigenvalue weighted by atomic mass is 16.5. The Hall–Kier alpha value is -4.38. The molecule has 0 amide bonds. The van der Waals surface area contributed by atoms with E-state index in [9.17, 15) is 9.59 Å². The van der Waals surface area contributed by atoms with Crippen LogP contribution in [-0.2, 0) is 17.8 Å². The lowest BCUT2D eigenvalue weighted by atomic mass is 9.86. The number of aliphatic carboxylic acids is 1. The second kappa shape index (κ2) is 11.1. The summed E-state index contributed by atoms with van der Waals surface area (Å²) in [6.07, 6.45) is 6.56. The van der Waals surface area contributed by atoms with Gasteiger partial charge in [-0.15, -0.1) is 0 Å². The van der Waals surface area contributed by atoms with Crippen LogP contribution in [0.4, 0.5) is 0 Å². The van der Waals surface area contributed by atoms with Crippen LogP contribution < -0.4 is 10.3 Å². The fourth-order valence-corrected chi connectivity index (χ4v) is 5.06. The highest BCUT2D eigenvalue weighted by molar-refractivity contribution is 5.69. The Labute approximate surface area is 216 Å². The standard InChI is InChI=1S/C32H29NO4/c34-30-17-15-27(32(24-8-3-1-4-9-24)25-10-5-2-6-11-25)21-33(30)19-18-23-14-16-28-26(20-23)12-7-13-29(28)37-22-31(35)36/h1-13,15,17,20-21,32H,14,16,18-19,22H2,(H,35,36). The van der Waals surface area contributed by atoms with Crippen LogP contribution in [-0.4, -0.2) is 22.2 Å². The molecular formula is C32H29NO4. The molecule has 0 saturated carbocycles. The van der Waals surface area contributed by atoms with Gasteiger partial charge in [0.05, 0.1) is 0 Å². The smallest absolute Gasteiger partial charge is 0.341 e. The van der Waals surface area contributed by atoms with Gasteiger partial charge in [0, 0.05) is 30.3 Å². The number of carboxylic acid groups (broad SMARTS) is 1. The summed E-state index contributed by atoms with van der Waals surface area (Å²) in [5.41, 5.74) is 6.81. The van der Waals surface area contributed by atoms with Gasteiger partial charge in [0.1, 0.15) is 5.75 Å². The van der Waals surface area contributed by atoms with Crippen LogP contribution >= 0.6 is 0 Å². The first kappa shape index (κ1) is 24.3. The second-order valence-electron chi connectivity index (χ2n) is 9.31. The summed E-state index contributed by atoms with van der Waals surface area (Å²) in [6, 6.07) is 30.1. The zero-order valence-corrected chi connectivity index (χ0v) is 20.5. The quantitative estimate of drug-likeness (QED) is 0.316. The van der Waals surface area contributed by atoms with E-state index in [0.29, 0.717) is 12.3 Å². The van der Waals surface area contributed by atoms with E-state index < -0.39 is 5.97 Å². The number of hydrogen-bond donors (Lipinski definition) is 1. The first-order valence-electron chi connectivity index (χ1n) is 12.5. The number of aryl methyl sites for hydroxylation is 1. The average Bonchev–Trinajstić information content (AvgIpc) is 2.93. The number of benzene rings is 3. The third-order valence-electron chi connectivity index (χ3n) is 6.86. The minimum Gasteiger partial charge on any atom is -0.482 e. The maximum Gasteiger partial charge on any atom is 0.341 e. The van der Waals surface area contributed by atoms with Crippen molar-refractivity contribution in [2.75, 3.05) is 6.61 Å². The molecule has 0 radical (unpaired) electrons. The van der Waals surface area contributed by atoms with Gasteiger partial charge in [-0.1, -0.05) is 90.5 Å². The summed E-state index contributed by atoms with van der Waals surface area (Å²) in [4.78, 5) is 23.7. The maximum absolute atomic E-state index is 12.8. The lowest BCUT2D eigenvalue weighted by molar-refractivity contribution is -0.139. The van der Waals surface area contributed by atoms with Crippen LogP contribution in [0.5, 0.6) is 5.75 Å². The van der Waals surface area contributed by atoms with Gasteiger partial charge in [-0.05, 0) is 47.6 Å². The number of ether oxygens (including phenoxy) is 1. The highest BCUT2D eigenvalue weighted by Crippen LogP contribution is 2.33. The van der Waals surface area contributed by atoms with Crippen molar-refractivity contribution in [3.05, 3.63) is 141 Å². The van der Waals surface area contributed by atoms with Crippen molar-refractivity contribution in [2.24, 2.45) is 0 Å². The van der Waals surface area contributed by atoms with Gasteiger partial charge < -0.3 is 14.4 Å². The summed E-state index contributed by atoms with van der Waals surface area (Å²) in [5, 5.41) is 8.94. The van der Waals surface area contributed by atoms with E-state index in [1.54, 1.807) is 6.07 Å². The van der Waals surface area contributed by atoms with E-state index in [0.717, 1.165) is 36.0 Å². The fraction of sp³-hybridized carbons (Fsp3) is 0.188. The molecule has 0 saturated heterocycles. The number of carboxylic acids is 1. The van der Waals surface area contributed by atoms with E-state index in [-0.39, 0.29) is 18.1 Å². The Kier molecular flexibility index (Phi) is 7.31. The molecule has 0 atom stereocenters. The minimum absolute atomic E-state index is 0.00945. The molecule has 1 aromatic heterocycles. The number of rotatable bonds is 9. The first-order valence-corrected chi connectivity index (χ1v) is 12.5. The highest BCUT2D eigenvalue weighted by Gasteiger charge is 2.19. The van der Waals surface area contributed by atoms with Crippen LogP contribution in [0.3, 0.4) is 0 Å². The zero-order valence-electron chi connectivity index (χ0n) is 20.5. The van der Waals surface area contributed by atoms with Crippen molar-refractivity contribution in [1.29, 1.82) is 0 Å². The molecule has 186 valence electrons. The van der Waals surface area contributed by atoms with Gasteiger partial charge in [-0.2, -0.15) is 0 Å². The van der Waals surface area contributed by atoms with Crippen LogP contribution in [0.15, 0.2) is 108 Å². The van der Waals surface area contributed by atoms with Crippen molar-refractivity contribution < 1.29 is 14.6 Å². The lowest BCUT2D eigenvalue weighted by Gasteiger charge is -2.21. The van der Waals surface area contributed by atoms with E-state index in [4.69, 9.17) is 9.84 Å². The zero-order chi connectivity index (χ0) is 25.6. The number of aromatic nitrogens is 1. The maximum atomic E-state index is 12.8. The Morgan fingerprint density at radius 1 is 0.838 bits per heavy atom. The van der Waals surface area contributed by atoms with Gasteiger partial charge in [-0.25, -0.2) is 4.79 Å². The Bertz CT molecular complexity index is 1430. The third-order valence-corrected chi connectivity index (χ3v) is 6.86. The van der Waals surface area contributed by atoms with Crippen molar-refractivity contribution in [3.63, 3.8) is 0 Å². The van der Waals surface area contributed by atoms with Crippen molar-refractivity contribution >= 4 is 12.0 Å². The van der Waals surface area contributed by atoms with Gasteiger partial charge >= 0.3 is 5.97 Å². The number of pyridine rings is 1. The van der Waals surface area contributed by atoms with Crippen LogP contribution in [0.25, 0.3) is 6.08 Å². The van der Waals surface area contributed by atoms with E-state index >= 15 is 0 Å². The average molecular weight is 492 g/mol. The van der Waals surface area contributed by atoms with Gasteiger partial charge in [0.25, 0.3) is 5.56 Å². The predicted octanol–water partition coefficient (Wildman–Crippen LogP) is 5.91. The predicted molar refractivity (Wildman–Crippen MR) is 145 cm³/mol. The molecule has 0 spiro atoms. The number of hydrogen-bond acceptors (Lipinski definition) is 3. The van der Waals surface area contributed by atoms with Crippen molar-refractivity contribution in [2.45, 2.75) is 31.7 Å². The number of nitrogens with zero attached hydrogens (tertiary/aromatic N) is 1. The van der Waals surface area contributed by atoms with Gasteiger partial charge in [-0.3, -0.25) is 4.79 Å². The molecule has 5 heteroatoms. The van der Waals surface area contributed by atoms with Crippen molar-refractivity contribution in [3.8, 4) is 5.75 Å². The summed E-state index contributed by atoms with van der Waals surface area (Å²) in [5.74, 6) is -0.315. The second-order valence-corrected chi connectivity index (χ2v) is 9.31. The van der Waals surface area contributed by atoms with Crippen LogP contribution in [0.2, 0.25) is 0 Å². The summed E-state index contributed by atoms with van der Waals surface area (Å²) < 4.78 is 7.30. The summed E-state index contributed by atoms with van der Waals surface area (Å²) >= 11 is 0. The Morgan fingerprint density at radius 2 is 1.54 bits per heavy atom. The molecule has 5 rings (SSSR count). The Balaban J connectivity index is 1.38. The molecule has 4 aromatic rings. The number of carbonyl (C=O) groups is 1. The van der Waals surface area contributed by atoms with Crippen LogP contribution in [0, 0.1) is 0 Å². The fourth-order valence-electron chi connectivity index (χ4n) is 5.06. The third kappa shape index (κ3) is 5.72. The lowest BCUT2D eigenvalue weighted by Crippen LogP contribution is -2.21. The molecule has 0 fully saturated rings. The molecule has 1 heterocycles. The molecule has 0 aliphatic heterocycles. The van der Waals surface area contributed by atoms with E-state index in [1.165, 1.54) is 16.7 Å². The largest absolute Gasteiger partial charge is 0.482 e. The molecule has 0 bridgehead atoms. The minimum atomic E-state index is -0.987. The summed E-state index contributed by atoms with van der Waals surface area (Å²) in [6.45, 7) is 0.249.